The molecule has 1 aromatic carbocycles. The summed E-state index contributed by atoms with van der Waals surface area (Å²) in [6, 6.07) is 4.32. The van der Waals surface area contributed by atoms with Crippen LogP contribution in [0.1, 0.15) is 0 Å². The molecule has 9 heteroatoms. The summed E-state index contributed by atoms with van der Waals surface area (Å²) >= 11 is 11.5. The van der Waals surface area contributed by atoms with Crippen molar-refractivity contribution in [1.29, 1.82) is 0 Å². The summed E-state index contributed by atoms with van der Waals surface area (Å²) in [6.45, 7) is -0.626. The van der Waals surface area contributed by atoms with E-state index in [0.717, 1.165) is 0 Å². The molecule has 1 rings (SSSR count). The number of hydrogen-bond acceptors (Lipinski definition) is 3. The molecular weight excluding hydrogens is 306 g/mol. The minimum absolute atomic E-state index is 0.213. The number of nitrogens with zero attached hydrogens (tertiary/aromatic N) is 1. The molecule has 106 valence electrons. The fraction of sp³-hybridized carbons (Fsp3) is 0.300. The maximum atomic E-state index is 12.7. The zero-order valence-corrected chi connectivity index (χ0v) is 10.9. The predicted octanol–water partition coefficient (Wildman–Crippen LogP) is 3.33. The highest BCUT2D eigenvalue weighted by Gasteiger charge is 2.42. The van der Waals surface area contributed by atoms with E-state index in [1.165, 1.54) is 18.2 Å². The van der Waals surface area contributed by atoms with Crippen molar-refractivity contribution >= 4 is 34.7 Å². The van der Waals surface area contributed by atoms with Crippen molar-refractivity contribution in [2.75, 3.05) is 11.9 Å². The Morgan fingerprint density at radius 2 is 2.05 bits per heavy atom. The number of amidine groups is 1. The molecule has 0 saturated carbocycles. The van der Waals surface area contributed by atoms with Crippen LogP contribution in [0.4, 0.5) is 18.9 Å². The Morgan fingerprint density at radius 1 is 1.42 bits per heavy atom. The SMILES string of the molecule is N/C(=N/O)C(CNc1cc(Cl)ccc1Cl)C(F)(F)F. The average Bonchev–Trinajstić information content (AvgIpc) is 2.31. The monoisotopic (exact) mass is 315 g/mol. The number of hydrogen-bond donors (Lipinski definition) is 3. The summed E-state index contributed by atoms with van der Waals surface area (Å²) < 4.78 is 38.0. The molecule has 0 aliphatic rings. The van der Waals surface area contributed by atoms with E-state index in [1.54, 1.807) is 0 Å². The number of anilines is 1. The van der Waals surface area contributed by atoms with Gasteiger partial charge < -0.3 is 16.3 Å². The molecule has 0 saturated heterocycles. The summed E-state index contributed by atoms with van der Waals surface area (Å²) in [5.74, 6) is -3.06. The molecule has 1 unspecified atom stereocenters. The van der Waals surface area contributed by atoms with Crippen LogP contribution < -0.4 is 11.1 Å². The molecule has 4 nitrogen and oxygen atoms in total. The van der Waals surface area contributed by atoms with E-state index < -0.39 is 24.5 Å². The highest BCUT2D eigenvalue weighted by Crippen LogP contribution is 2.29. The van der Waals surface area contributed by atoms with E-state index in [-0.39, 0.29) is 10.7 Å². The van der Waals surface area contributed by atoms with Gasteiger partial charge in [-0.3, -0.25) is 0 Å². The molecule has 0 aromatic heterocycles. The summed E-state index contributed by atoms with van der Waals surface area (Å²) in [7, 11) is 0. The van der Waals surface area contributed by atoms with Gasteiger partial charge in [0, 0.05) is 11.6 Å². The maximum Gasteiger partial charge on any atom is 0.400 e. The lowest BCUT2D eigenvalue weighted by molar-refractivity contribution is -0.152. The Hall–Kier alpha value is -1.34. The van der Waals surface area contributed by atoms with Crippen LogP contribution in [-0.2, 0) is 0 Å². The Kier molecular flexibility index (Phi) is 5.13. The van der Waals surface area contributed by atoms with Crippen LogP contribution in [0.5, 0.6) is 0 Å². The second-order valence-electron chi connectivity index (χ2n) is 3.62. The molecule has 0 aliphatic carbocycles. The molecule has 0 radical (unpaired) electrons. The number of nitrogens with one attached hydrogen (secondary N) is 1. The summed E-state index contributed by atoms with van der Waals surface area (Å²) in [5, 5.41) is 13.7. The van der Waals surface area contributed by atoms with Gasteiger partial charge in [0.1, 0.15) is 5.92 Å². The number of nitrogens with two attached hydrogens (primary N) is 1. The van der Waals surface area contributed by atoms with Gasteiger partial charge in [0.2, 0.25) is 0 Å². The predicted molar refractivity (Wildman–Crippen MR) is 67.9 cm³/mol. The highest BCUT2D eigenvalue weighted by atomic mass is 35.5. The second-order valence-corrected chi connectivity index (χ2v) is 4.47. The highest BCUT2D eigenvalue weighted by molar-refractivity contribution is 6.35. The number of rotatable bonds is 4. The minimum Gasteiger partial charge on any atom is -0.409 e. The topological polar surface area (TPSA) is 70.6 Å². The van der Waals surface area contributed by atoms with E-state index in [4.69, 9.17) is 34.1 Å². The fourth-order valence-corrected chi connectivity index (χ4v) is 1.66. The second kappa shape index (κ2) is 6.21. The minimum atomic E-state index is -4.64. The van der Waals surface area contributed by atoms with Gasteiger partial charge in [0.05, 0.1) is 10.7 Å². The molecule has 0 fully saturated rings. The Morgan fingerprint density at radius 3 is 2.58 bits per heavy atom. The molecule has 0 amide bonds. The zero-order valence-electron chi connectivity index (χ0n) is 9.38. The summed E-state index contributed by atoms with van der Waals surface area (Å²) in [6.07, 6.45) is -4.64. The third kappa shape index (κ3) is 4.36. The standard InChI is InChI=1S/C10H10Cl2F3N3O/c11-5-1-2-7(12)8(3-5)17-4-6(9(16)18-19)10(13,14)15/h1-3,6,17,19H,4H2,(H2,16,18). The van der Waals surface area contributed by atoms with Crippen molar-refractivity contribution in [3.63, 3.8) is 0 Å². The maximum absolute atomic E-state index is 12.7. The lowest BCUT2D eigenvalue weighted by Gasteiger charge is -2.20. The van der Waals surface area contributed by atoms with Crippen molar-refractivity contribution in [1.82, 2.24) is 0 Å². The largest absolute Gasteiger partial charge is 0.409 e. The van der Waals surface area contributed by atoms with Crippen molar-refractivity contribution in [3.8, 4) is 0 Å². The molecule has 0 bridgehead atoms. The van der Waals surface area contributed by atoms with Crippen LogP contribution in [0.15, 0.2) is 23.4 Å². The summed E-state index contributed by atoms with van der Waals surface area (Å²) in [5.41, 5.74) is 5.25. The van der Waals surface area contributed by atoms with E-state index in [2.05, 4.69) is 10.5 Å². The van der Waals surface area contributed by atoms with Gasteiger partial charge in [-0.25, -0.2) is 0 Å². The van der Waals surface area contributed by atoms with Crippen molar-refractivity contribution < 1.29 is 18.4 Å². The lowest BCUT2D eigenvalue weighted by atomic mass is 10.1. The Balaban J connectivity index is 2.85. The average molecular weight is 316 g/mol. The van der Waals surface area contributed by atoms with Crippen LogP contribution in [0.3, 0.4) is 0 Å². The first-order valence-corrected chi connectivity index (χ1v) is 5.74. The first-order valence-electron chi connectivity index (χ1n) is 4.98. The van der Waals surface area contributed by atoms with Gasteiger partial charge >= 0.3 is 6.18 Å². The van der Waals surface area contributed by atoms with E-state index >= 15 is 0 Å². The van der Waals surface area contributed by atoms with E-state index in [1.807, 2.05) is 0 Å². The van der Waals surface area contributed by atoms with Gasteiger partial charge in [0.15, 0.2) is 5.84 Å². The molecule has 0 aliphatic heterocycles. The number of benzene rings is 1. The third-order valence-corrected chi connectivity index (χ3v) is 2.86. The molecule has 0 spiro atoms. The number of oxime groups is 1. The van der Waals surface area contributed by atoms with Crippen LogP contribution >= 0.6 is 23.2 Å². The van der Waals surface area contributed by atoms with Gasteiger partial charge in [-0.1, -0.05) is 28.4 Å². The lowest BCUT2D eigenvalue weighted by Crippen LogP contribution is -2.40. The van der Waals surface area contributed by atoms with E-state index in [0.29, 0.717) is 5.02 Å². The summed E-state index contributed by atoms with van der Waals surface area (Å²) in [4.78, 5) is 0. The molecule has 1 aromatic rings. The van der Waals surface area contributed by atoms with Crippen LogP contribution in [-0.4, -0.2) is 23.8 Å². The fourth-order valence-electron chi connectivity index (χ4n) is 1.30. The van der Waals surface area contributed by atoms with Crippen molar-refractivity contribution in [2.45, 2.75) is 6.18 Å². The number of halogens is 5. The third-order valence-electron chi connectivity index (χ3n) is 2.29. The Bertz CT molecular complexity index is 480. The molecule has 4 N–H and O–H groups in total. The smallest absolute Gasteiger partial charge is 0.400 e. The molecular formula is C10H10Cl2F3N3O. The zero-order chi connectivity index (χ0) is 14.6. The van der Waals surface area contributed by atoms with Gasteiger partial charge in [-0.15, -0.1) is 0 Å². The normalized spacial score (nSPS) is 14.3. The first-order chi connectivity index (χ1) is 8.75. The van der Waals surface area contributed by atoms with Gasteiger partial charge in [-0.05, 0) is 18.2 Å². The molecule has 19 heavy (non-hydrogen) atoms. The van der Waals surface area contributed by atoms with Crippen LogP contribution in [0, 0.1) is 5.92 Å². The number of alkyl halides is 3. The van der Waals surface area contributed by atoms with Crippen LogP contribution in [0.25, 0.3) is 0 Å². The van der Waals surface area contributed by atoms with Gasteiger partial charge in [-0.2, -0.15) is 13.2 Å². The van der Waals surface area contributed by atoms with Crippen molar-refractivity contribution in [3.05, 3.63) is 28.2 Å². The first kappa shape index (κ1) is 15.7. The quantitative estimate of drug-likeness (QED) is 0.345. The molecule has 1 atom stereocenters. The van der Waals surface area contributed by atoms with Crippen LogP contribution in [0.2, 0.25) is 10.0 Å². The van der Waals surface area contributed by atoms with Gasteiger partial charge in [0.25, 0.3) is 0 Å². The van der Waals surface area contributed by atoms with E-state index in [9.17, 15) is 13.2 Å². The molecule has 0 heterocycles. The van der Waals surface area contributed by atoms with Crippen molar-refractivity contribution in [2.24, 2.45) is 16.8 Å². The Labute approximate surface area is 117 Å².